The van der Waals surface area contributed by atoms with E-state index in [9.17, 15) is 9.59 Å². The van der Waals surface area contributed by atoms with Crippen LogP contribution in [0, 0.1) is 11.3 Å². The zero-order chi connectivity index (χ0) is 19.1. The molecule has 132 valence electrons. The first-order chi connectivity index (χ1) is 13.2. The third-order valence-corrected chi connectivity index (χ3v) is 3.95. The van der Waals surface area contributed by atoms with Crippen molar-refractivity contribution in [2.24, 2.45) is 0 Å². The van der Waals surface area contributed by atoms with Crippen LogP contribution in [0.1, 0.15) is 31.8 Å². The van der Waals surface area contributed by atoms with Gasteiger partial charge in [0.1, 0.15) is 0 Å². The van der Waals surface area contributed by atoms with Crippen molar-refractivity contribution in [3.63, 3.8) is 0 Å². The summed E-state index contributed by atoms with van der Waals surface area (Å²) < 4.78 is 0. The Morgan fingerprint density at radius 1 is 0.815 bits per heavy atom. The Bertz CT molecular complexity index is 990. The zero-order valence-electron chi connectivity index (χ0n) is 14.5. The van der Waals surface area contributed by atoms with Gasteiger partial charge in [0.15, 0.2) is 0 Å². The van der Waals surface area contributed by atoms with Gasteiger partial charge in [-0.2, -0.15) is 5.26 Å². The number of anilines is 1. The molecule has 5 heteroatoms. The highest BCUT2D eigenvalue weighted by Gasteiger charge is 2.08. The van der Waals surface area contributed by atoms with Crippen LogP contribution in [0.4, 0.5) is 5.69 Å². The highest BCUT2D eigenvalue weighted by molar-refractivity contribution is 6.04. The Kier molecular flexibility index (Phi) is 5.60. The fourth-order valence-electron chi connectivity index (χ4n) is 2.53. The molecule has 0 unspecified atom stereocenters. The normalized spacial score (nSPS) is 9.89. The molecule has 0 atom stereocenters. The summed E-state index contributed by atoms with van der Waals surface area (Å²) in [5.41, 5.74) is 3.08. The number of amides is 2. The van der Waals surface area contributed by atoms with E-state index in [0.717, 1.165) is 5.56 Å². The lowest BCUT2D eigenvalue weighted by Gasteiger charge is -2.08. The van der Waals surface area contributed by atoms with E-state index >= 15 is 0 Å². The average Bonchev–Trinajstić information content (AvgIpc) is 2.73. The molecular weight excluding hydrogens is 338 g/mol. The van der Waals surface area contributed by atoms with Crippen LogP contribution in [0.25, 0.3) is 0 Å². The number of nitrogens with one attached hydrogen (secondary N) is 2. The Labute approximate surface area is 157 Å². The number of benzene rings is 3. The van der Waals surface area contributed by atoms with Crippen molar-refractivity contribution >= 4 is 17.5 Å². The van der Waals surface area contributed by atoms with Crippen molar-refractivity contribution in [1.29, 1.82) is 5.26 Å². The van der Waals surface area contributed by atoms with Crippen molar-refractivity contribution in [3.05, 3.63) is 101 Å². The Hall–Kier alpha value is -3.91. The number of rotatable bonds is 5. The fraction of sp³-hybridized carbons (Fsp3) is 0.0455. The molecule has 2 amide bonds. The SMILES string of the molecule is N#Cc1cccc(CNC(=O)c2ccc(NC(=O)c3ccccc3)cc2)c1. The van der Waals surface area contributed by atoms with Gasteiger partial charge in [0, 0.05) is 23.4 Å². The molecule has 5 nitrogen and oxygen atoms in total. The van der Waals surface area contributed by atoms with E-state index < -0.39 is 0 Å². The predicted octanol–water partition coefficient (Wildman–Crippen LogP) is 3.74. The lowest BCUT2D eigenvalue weighted by molar-refractivity contribution is 0.0950. The van der Waals surface area contributed by atoms with Crippen molar-refractivity contribution in [2.75, 3.05) is 5.32 Å². The van der Waals surface area contributed by atoms with Crippen LogP contribution in [-0.4, -0.2) is 11.8 Å². The van der Waals surface area contributed by atoms with E-state index in [2.05, 4.69) is 16.7 Å². The lowest BCUT2D eigenvalue weighted by atomic mass is 10.1. The molecule has 0 aliphatic heterocycles. The Balaban J connectivity index is 1.58. The van der Waals surface area contributed by atoms with Gasteiger partial charge in [-0.1, -0.05) is 30.3 Å². The van der Waals surface area contributed by atoms with E-state index in [4.69, 9.17) is 5.26 Å². The summed E-state index contributed by atoms with van der Waals surface area (Å²) in [5, 5.41) is 14.5. The summed E-state index contributed by atoms with van der Waals surface area (Å²) in [7, 11) is 0. The van der Waals surface area contributed by atoms with Gasteiger partial charge in [0.2, 0.25) is 0 Å². The molecule has 3 aromatic carbocycles. The van der Waals surface area contributed by atoms with Crippen LogP contribution >= 0.6 is 0 Å². The second kappa shape index (κ2) is 8.45. The highest BCUT2D eigenvalue weighted by Crippen LogP contribution is 2.12. The molecule has 0 radical (unpaired) electrons. The third-order valence-electron chi connectivity index (χ3n) is 3.95. The van der Waals surface area contributed by atoms with Crippen LogP contribution in [0.5, 0.6) is 0 Å². The maximum Gasteiger partial charge on any atom is 0.255 e. The Morgan fingerprint density at radius 3 is 2.22 bits per heavy atom. The van der Waals surface area contributed by atoms with E-state index in [1.54, 1.807) is 66.7 Å². The molecule has 0 saturated carbocycles. The number of nitrogens with zero attached hydrogens (tertiary/aromatic N) is 1. The summed E-state index contributed by atoms with van der Waals surface area (Å²) in [6, 6.07) is 24.8. The van der Waals surface area contributed by atoms with Crippen LogP contribution in [0.15, 0.2) is 78.9 Å². The summed E-state index contributed by atoms with van der Waals surface area (Å²) in [6.07, 6.45) is 0. The van der Waals surface area contributed by atoms with Crippen molar-refractivity contribution in [1.82, 2.24) is 5.32 Å². The molecule has 0 saturated heterocycles. The second-order valence-corrected chi connectivity index (χ2v) is 5.89. The Morgan fingerprint density at radius 2 is 1.52 bits per heavy atom. The second-order valence-electron chi connectivity index (χ2n) is 5.89. The van der Waals surface area contributed by atoms with Gasteiger partial charge in [-0.15, -0.1) is 0 Å². The maximum absolute atomic E-state index is 12.3. The topological polar surface area (TPSA) is 82.0 Å². The van der Waals surface area contributed by atoms with Crippen LogP contribution in [0.2, 0.25) is 0 Å². The van der Waals surface area contributed by atoms with Crippen molar-refractivity contribution < 1.29 is 9.59 Å². The van der Waals surface area contributed by atoms with Gasteiger partial charge in [-0.25, -0.2) is 0 Å². The molecule has 0 aromatic heterocycles. The average molecular weight is 355 g/mol. The number of carbonyl (C=O) groups is 2. The first-order valence-corrected chi connectivity index (χ1v) is 8.39. The third kappa shape index (κ3) is 4.80. The summed E-state index contributed by atoms with van der Waals surface area (Å²) in [6.45, 7) is 0.334. The largest absolute Gasteiger partial charge is 0.348 e. The monoisotopic (exact) mass is 355 g/mol. The molecule has 3 aromatic rings. The minimum atomic E-state index is -0.224. The van der Waals surface area contributed by atoms with Crippen molar-refractivity contribution in [3.8, 4) is 6.07 Å². The molecule has 0 aliphatic rings. The molecule has 3 rings (SSSR count). The van der Waals surface area contributed by atoms with Crippen LogP contribution < -0.4 is 10.6 Å². The minimum Gasteiger partial charge on any atom is -0.348 e. The standard InChI is InChI=1S/C22H17N3O2/c23-14-16-5-4-6-17(13-16)15-24-21(26)19-9-11-20(12-10-19)25-22(27)18-7-2-1-3-8-18/h1-13H,15H2,(H,24,26)(H,25,27). The molecule has 0 bridgehead atoms. The van der Waals surface area contributed by atoms with Crippen LogP contribution in [-0.2, 0) is 6.54 Å². The molecule has 0 fully saturated rings. The van der Waals surface area contributed by atoms with E-state index in [0.29, 0.717) is 28.9 Å². The number of hydrogen-bond acceptors (Lipinski definition) is 3. The minimum absolute atomic E-state index is 0.204. The van der Waals surface area contributed by atoms with E-state index in [1.165, 1.54) is 0 Å². The van der Waals surface area contributed by atoms with E-state index in [-0.39, 0.29) is 11.8 Å². The smallest absolute Gasteiger partial charge is 0.255 e. The molecule has 0 aliphatic carbocycles. The summed E-state index contributed by atoms with van der Waals surface area (Å²) in [5.74, 6) is -0.427. The molecular formula is C22H17N3O2. The van der Waals surface area contributed by atoms with Gasteiger partial charge in [-0.05, 0) is 54.1 Å². The fourth-order valence-corrected chi connectivity index (χ4v) is 2.53. The molecule has 0 heterocycles. The maximum atomic E-state index is 12.3. The highest BCUT2D eigenvalue weighted by atomic mass is 16.2. The number of hydrogen-bond donors (Lipinski definition) is 2. The van der Waals surface area contributed by atoms with Crippen LogP contribution in [0.3, 0.4) is 0 Å². The van der Waals surface area contributed by atoms with Gasteiger partial charge < -0.3 is 10.6 Å². The summed E-state index contributed by atoms with van der Waals surface area (Å²) >= 11 is 0. The molecule has 2 N–H and O–H groups in total. The van der Waals surface area contributed by atoms with E-state index in [1.807, 2.05) is 12.1 Å². The summed E-state index contributed by atoms with van der Waals surface area (Å²) in [4.78, 5) is 24.4. The number of nitriles is 1. The quantitative estimate of drug-likeness (QED) is 0.731. The first kappa shape index (κ1) is 17.9. The lowest BCUT2D eigenvalue weighted by Crippen LogP contribution is -2.22. The predicted molar refractivity (Wildman–Crippen MR) is 103 cm³/mol. The van der Waals surface area contributed by atoms with Gasteiger partial charge in [0.05, 0.1) is 11.6 Å². The van der Waals surface area contributed by atoms with Gasteiger partial charge >= 0.3 is 0 Å². The van der Waals surface area contributed by atoms with Gasteiger partial charge in [0.25, 0.3) is 11.8 Å². The molecule has 27 heavy (non-hydrogen) atoms. The first-order valence-electron chi connectivity index (χ1n) is 8.39. The van der Waals surface area contributed by atoms with Crippen molar-refractivity contribution in [2.45, 2.75) is 6.54 Å². The number of carbonyl (C=O) groups excluding carboxylic acids is 2. The zero-order valence-corrected chi connectivity index (χ0v) is 14.5. The van der Waals surface area contributed by atoms with Gasteiger partial charge in [-0.3, -0.25) is 9.59 Å². The molecule has 0 spiro atoms.